The predicted octanol–water partition coefficient (Wildman–Crippen LogP) is 2.63. The Morgan fingerprint density at radius 3 is 1.89 bits per heavy atom. The van der Waals surface area contributed by atoms with E-state index >= 15 is 0 Å². The van der Waals surface area contributed by atoms with Gasteiger partial charge in [-0.2, -0.15) is 0 Å². The molecule has 0 spiro atoms. The average Bonchev–Trinajstić information content (AvgIpc) is 1.88. The van der Waals surface area contributed by atoms with Crippen molar-refractivity contribution in [3.63, 3.8) is 0 Å². The van der Waals surface area contributed by atoms with E-state index in [1.807, 2.05) is 20.8 Å². The van der Waals surface area contributed by atoms with Crippen molar-refractivity contribution in [2.45, 2.75) is 33.6 Å². The molecular weight excluding hydrogens is 117 g/mol. The zero-order valence-corrected chi connectivity index (χ0v) is 6.95. The van der Waals surface area contributed by atoms with E-state index < -0.39 is 0 Å². The molecule has 0 fully saturated rings. The molecule has 0 radical (unpaired) electrons. The molecule has 58 valence electrons. The summed E-state index contributed by atoms with van der Waals surface area (Å²) in [6.07, 6.45) is 2.02. The van der Waals surface area contributed by atoms with Crippen molar-refractivity contribution in [1.29, 1.82) is 0 Å². The van der Waals surface area contributed by atoms with Crippen molar-refractivity contribution < 1.29 is 4.48 Å². The third-order valence-electron chi connectivity index (χ3n) is 0.820. The summed E-state index contributed by atoms with van der Waals surface area (Å²) >= 11 is 0. The summed E-state index contributed by atoms with van der Waals surface area (Å²) in [6.45, 7) is 6.61. The Labute approximate surface area is 57.8 Å². The Morgan fingerprint density at radius 1 is 1.33 bits per heavy atom. The highest BCUT2D eigenvalue weighted by Gasteiger charge is 1.88. The molecule has 0 bridgehead atoms. The first-order chi connectivity index (χ1) is 4.27. The van der Waals surface area contributed by atoms with Crippen LogP contribution in [0.5, 0.6) is 0 Å². The highest BCUT2D eigenvalue weighted by atomic mass is 19.2. The molecule has 2 heteroatoms. The van der Waals surface area contributed by atoms with Gasteiger partial charge in [-0.3, -0.25) is 0 Å². The topological polar surface area (TPSA) is 3.24 Å². The van der Waals surface area contributed by atoms with Crippen LogP contribution in [0.1, 0.15) is 33.6 Å². The molecule has 1 nitrogen and oxygen atoms in total. The summed E-state index contributed by atoms with van der Waals surface area (Å²) in [4.78, 5) is 0. The minimum absolute atomic E-state index is 0.566. The maximum absolute atomic E-state index is 11.7. The van der Waals surface area contributed by atoms with Gasteiger partial charge in [0.25, 0.3) is 0 Å². The van der Waals surface area contributed by atoms with Gasteiger partial charge in [0.15, 0.2) is 0 Å². The van der Waals surface area contributed by atoms with Gasteiger partial charge in [-0.1, -0.05) is 27.2 Å². The van der Waals surface area contributed by atoms with Crippen LogP contribution in [0.4, 0.5) is 4.48 Å². The molecule has 0 aliphatic heterocycles. The number of nitrogens with zero attached hydrogens (tertiary/aromatic N) is 1. The smallest absolute Gasteiger partial charge is 0.0287 e. The minimum Gasteiger partial charge on any atom is -0.149 e. The molecule has 0 N–H and O–H groups in total. The van der Waals surface area contributed by atoms with Crippen LogP contribution in [0.3, 0.4) is 0 Å². The number of hydrogen-bond donors (Lipinski definition) is 0. The lowest BCUT2D eigenvalue weighted by atomic mass is 10.3. The second-order valence-electron chi connectivity index (χ2n) is 1.68. The summed E-state index contributed by atoms with van der Waals surface area (Å²) in [5.74, 6) is 0. The lowest BCUT2D eigenvalue weighted by molar-refractivity contribution is 0.0586. The highest BCUT2D eigenvalue weighted by Crippen LogP contribution is 1.89. The van der Waals surface area contributed by atoms with Crippen LogP contribution in [0.25, 0.3) is 0 Å². The molecule has 0 aromatic carbocycles. The van der Waals surface area contributed by atoms with Gasteiger partial charge in [-0.25, -0.2) is 0 Å². The van der Waals surface area contributed by atoms with Crippen LogP contribution < -0.4 is 0 Å². The Morgan fingerprint density at radius 2 is 1.78 bits per heavy atom. The third kappa shape index (κ3) is 18.1. The zero-order valence-electron chi connectivity index (χ0n) is 6.95. The molecule has 0 saturated carbocycles. The van der Waals surface area contributed by atoms with Gasteiger partial charge in [-0.15, -0.1) is 9.60 Å². The Hall–Kier alpha value is -0.110. The second kappa shape index (κ2) is 10.8. The van der Waals surface area contributed by atoms with E-state index in [9.17, 15) is 4.48 Å². The summed E-state index contributed by atoms with van der Waals surface area (Å²) in [6, 6.07) is 0. The molecule has 0 atom stereocenters. The molecule has 9 heavy (non-hydrogen) atoms. The minimum atomic E-state index is 0.566. The van der Waals surface area contributed by atoms with Crippen LogP contribution in [0.15, 0.2) is 0 Å². The molecule has 0 aliphatic carbocycles. The highest BCUT2D eigenvalue weighted by molar-refractivity contribution is 4.34. The van der Waals surface area contributed by atoms with E-state index in [1.165, 1.54) is 7.05 Å². The molecule has 0 aromatic rings. The van der Waals surface area contributed by atoms with E-state index in [2.05, 4.69) is 0 Å². The number of rotatable bonds is 3. The van der Waals surface area contributed by atoms with Crippen molar-refractivity contribution in [3.8, 4) is 0 Å². The number of hydrogen-bond acceptors (Lipinski definition) is 1. The van der Waals surface area contributed by atoms with E-state index in [4.69, 9.17) is 0 Å². The van der Waals surface area contributed by atoms with Gasteiger partial charge < -0.3 is 0 Å². The molecule has 0 aliphatic rings. The van der Waals surface area contributed by atoms with E-state index in [0.717, 1.165) is 12.8 Å². The van der Waals surface area contributed by atoms with Gasteiger partial charge in [-0.05, 0) is 6.42 Å². The molecule has 0 rings (SSSR count). The molecule has 0 unspecified atom stereocenters. The van der Waals surface area contributed by atoms with Gasteiger partial charge in [0.1, 0.15) is 0 Å². The van der Waals surface area contributed by atoms with Crippen molar-refractivity contribution >= 4 is 0 Å². The fraction of sp³-hybridized carbons (Fsp3) is 1.00. The van der Waals surface area contributed by atoms with Crippen molar-refractivity contribution in [2.24, 2.45) is 0 Å². The third-order valence-corrected chi connectivity index (χ3v) is 0.820. The molecule has 0 heterocycles. The number of halogens is 1. The van der Waals surface area contributed by atoms with Crippen LogP contribution in [-0.2, 0) is 0 Å². The van der Waals surface area contributed by atoms with E-state index in [0.29, 0.717) is 11.7 Å². The normalized spacial score (nSPS) is 8.67. The summed E-state index contributed by atoms with van der Waals surface area (Å²) in [5, 5.41) is 0.712. The van der Waals surface area contributed by atoms with Crippen molar-refractivity contribution in [3.05, 3.63) is 0 Å². The largest absolute Gasteiger partial charge is 0.149 e. The quantitative estimate of drug-likeness (QED) is 0.538. The Bertz CT molecular complexity index is 37.9. The second-order valence-corrected chi connectivity index (χ2v) is 1.68. The Balaban J connectivity index is 0. The Kier molecular flexibility index (Phi) is 14.0. The van der Waals surface area contributed by atoms with Crippen LogP contribution in [0, 0.1) is 0 Å². The molecule has 0 amide bonds. The van der Waals surface area contributed by atoms with Crippen molar-refractivity contribution in [2.75, 3.05) is 13.6 Å². The maximum Gasteiger partial charge on any atom is 0.0287 e. The van der Waals surface area contributed by atoms with E-state index in [-0.39, 0.29) is 0 Å². The zero-order chi connectivity index (χ0) is 7.70. The maximum atomic E-state index is 11.7. The summed E-state index contributed by atoms with van der Waals surface area (Å²) in [7, 11) is 1.44. The standard InChI is InChI=1S/C5H12FN.C2H6/c1-3-4-5-7(2)6;1-2/h3-5H2,1-2H3;1-2H3. The SMILES string of the molecule is CC.CCCCN(C)F. The van der Waals surface area contributed by atoms with Gasteiger partial charge in [0.05, 0.1) is 0 Å². The van der Waals surface area contributed by atoms with E-state index in [1.54, 1.807) is 0 Å². The van der Waals surface area contributed by atoms with Gasteiger partial charge in [0, 0.05) is 13.6 Å². The van der Waals surface area contributed by atoms with Crippen LogP contribution in [0.2, 0.25) is 0 Å². The predicted molar refractivity (Wildman–Crippen MR) is 40.0 cm³/mol. The van der Waals surface area contributed by atoms with Crippen molar-refractivity contribution in [1.82, 2.24) is 5.12 Å². The molecule has 0 saturated heterocycles. The molecular formula is C7H18FN. The average molecular weight is 135 g/mol. The van der Waals surface area contributed by atoms with Crippen LogP contribution in [-0.4, -0.2) is 18.7 Å². The van der Waals surface area contributed by atoms with Gasteiger partial charge in [0.2, 0.25) is 0 Å². The first-order valence-corrected chi connectivity index (χ1v) is 3.64. The van der Waals surface area contributed by atoms with Crippen LogP contribution >= 0.6 is 0 Å². The number of unbranched alkanes of at least 4 members (excludes halogenated alkanes) is 1. The lowest BCUT2D eigenvalue weighted by Crippen LogP contribution is -2.06. The fourth-order valence-corrected chi connectivity index (χ4v) is 0.376. The summed E-state index contributed by atoms with van der Waals surface area (Å²) < 4.78 is 11.7. The lowest BCUT2D eigenvalue weighted by Gasteiger charge is -2.00. The monoisotopic (exact) mass is 135 g/mol. The van der Waals surface area contributed by atoms with Gasteiger partial charge >= 0.3 is 0 Å². The first-order valence-electron chi connectivity index (χ1n) is 3.64. The fourth-order valence-electron chi connectivity index (χ4n) is 0.376. The first kappa shape index (κ1) is 11.7. The summed E-state index contributed by atoms with van der Waals surface area (Å²) in [5.41, 5.74) is 0. The molecule has 0 aromatic heterocycles.